The molecule has 2 rings (SSSR count). The quantitative estimate of drug-likeness (QED) is 0.496. The number of rotatable bonds is 9. The highest BCUT2D eigenvalue weighted by molar-refractivity contribution is 5.76. The molecule has 0 bridgehead atoms. The minimum Gasteiger partial charge on any atom is -0.508 e. The monoisotopic (exact) mass is 417 g/mol. The second-order valence-electron chi connectivity index (χ2n) is 6.20. The van der Waals surface area contributed by atoms with E-state index in [1.165, 1.54) is 0 Å². The van der Waals surface area contributed by atoms with Crippen LogP contribution in [-0.2, 0) is 16.0 Å². The molecule has 2 N–H and O–H groups in total. The largest absolute Gasteiger partial charge is 0.508 e. The predicted octanol–water partition coefficient (Wildman–Crippen LogP) is 5.94. The molecule has 0 radical (unpaired) electrons. The van der Waals surface area contributed by atoms with Crippen molar-refractivity contribution in [3.8, 4) is 17.2 Å². The van der Waals surface area contributed by atoms with Gasteiger partial charge in [-0.2, -0.15) is 0 Å². The molecule has 5 heteroatoms. The van der Waals surface area contributed by atoms with Gasteiger partial charge >= 0.3 is 0 Å². The van der Waals surface area contributed by atoms with E-state index in [0.717, 1.165) is 22.4 Å². The topological polar surface area (TPSA) is 67.8 Å². The maximum Gasteiger partial charge on any atom is 0.220 e. The molecule has 0 spiro atoms. The van der Waals surface area contributed by atoms with Crippen LogP contribution in [0.2, 0.25) is 0 Å². The lowest BCUT2D eigenvalue weighted by molar-refractivity contribution is -0.121. The average Bonchev–Trinajstić information content (AvgIpc) is 2.76. The van der Waals surface area contributed by atoms with E-state index in [0.29, 0.717) is 38.3 Å². The van der Waals surface area contributed by atoms with Gasteiger partial charge in [0.1, 0.15) is 17.2 Å². The molecule has 0 saturated heterocycles. The van der Waals surface area contributed by atoms with E-state index in [-0.39, 0.29) is 11.7 Å². The van der Waals surface area contributed by atoms with Gasteiger partial charge in [-0.05, 0) is 68.1 Å². The Balaban J connectivity index is 0.00000198. The smallest absolute Gasteiger partial charge is 0.220 e. The molecule has 1 amide bonds. The fraction of sp³-hybridized carbons (Fsp3) is 0.480. The summed E-state index contributed by atoms with van der Waals surface area (Å²) in [6.07, 6.45) is 1.13. The Hall–Kier alpha value is -2.53. The second-order valence-corrected chi connectivity index (χ2v) is 6.20. The Morgan fingerprint density at radius 3 is 2.10 bits per heavy atom. The molecular weight excluding hydrogens is 378 g/mol. The second kappa shape index (κ2) is 16.3. The van der Waals surface area contributed by atoms with E-state index in [1.807, 2.05) is 48.5 Å². The number of amides is 1. The van der Waals surface area contributed by atoms with Crippen molar-refractivity contribution in [1.29, 1.82) is 0 Å². The van der Waals surface area contributed by atoms with Crippen LogP contribution in [0, 0.1) is 13.8 Å². The van der Waals surface area contributed by atoms with Crippen LogP contribution in [0.3, 0.4) is 0 Å². The van der Waals surface area contributed by atoms with Crippen molar-refractivity contribution >= 4 is 5.91 Å². The summed E-state index contributed by atoms with van der Waals surface area (Å²) in [6.45, 7) is 15.7. The van der Waals surface area contributed by atoms with E-state index in [9.17, 15) is 9.90 Å². The molecular formula is C25H39NO4. The van der Waals surface area contributed by atoms with Gasteiger partial charge in [-0.15, -0.1) is 0 Å². The highest BCUT2D eigenvalue weighted by Crippen LogP contribution is 2.30. The first-order valence-corrected chi connectivity index (χ1v) is 10.9. The van der Waals surface area contributed by atoms with Gasteiger partial charge in [-0.1, -0.05) is 39.8 Å². The molecule has 30 heavy (non-hydrogen) atoms. The van der Waals surface area contributed by atoms with Crippen molar-refractivity contribution in [1.82, 2.24) is 5.32 Å². The maximum atomic E-state index is 11.9. The minimum atomic E-state index is 0.0319. The van der Waals surface area contributed by atoms with Gasteiger partial charge in [0, 0.05) is 19.6 Å². The van der Waals surface area contributed by atoms with Crippen LogP contribution in [0.15, 0.2) is 36.4 Å². The first-order valence-electron chi connectivity index (χ1n) is 10.9. The van der Waals surface area contributed by atoms with Crippen LogP contribution in [0.4, 0.5) is 0 Å². The van der Waals surface area contributed by atoms with Gasteiger partial charge in [-0.25, -0.2) is 0 Å². The van der Waals surface area contributed by atoms with Gasteiger partial charge in [0.25, 0.3) is 0 Å². The number of phenolic OH excluding ortho intramolecular Hbond substituents is 1. The van der Waals surface area contributed by atoms with Crippen LogP contribution in [-0.4, -0.2) is 30.8 Å². The number of carbonyl (C=O) groups excluding carboxylic acids is 1. The lowest BCUT2D eigenvalue weighted by Gasteiger charge is -2.14. The third-order valence-corrected chi connectivity index (χ3v) is 3.99. The van der Waals surface area contributed by atoms with Gasteiger partial charge in [0.2, 0.25) is 5.91 Å². The number of aryl methyl sites for hydroxylation is 3. The molecule has 0 aliphatic heterocycles. The Morgan fingerprint density at radius 1 is 1.00 bits per heavy atom. The summed E-state index contributed by atoms with van der Waals surface area (Å²) in [5.41, 5.74) is 3.15. The van der Waals surface area contributed by atoms with Gasteiger partial charge in [0.15, 0.2) is 0 Å². The number of benzene rings is 2. The van der Waals surface area contributed by atoms with Gasteiger partial charge in [0.05, 0.1) is 6.61 Å². The molecule has 5 nitrogen and oxygen atoms in total. The third kappa shape index (κ3) is 10.3. The number of ether oxygens (including phenoxy) is 2. The number of hydrogen-bond acceptors (Lipinski definition) is 4. The number of phenols is 1. The molecule has 0 atom stereocenters. The SMILES string of the molecule is CC.CC.CCOCCNC(=O)CCc1cc(C)c(Oc2ccc(O)cc2)c(C)c1. The van der Waals surface area contributed by atoms with Gasteiger partial charge < -0.3 is 19.9 Å². The normalized spacial score (nSPS) is 9.57. The lowest BCUT2D eigenvalue weighted by atomic mass is 10.0. The van der Waals surface area contributed by atoms with Crippen LogP contribution in [0.25, 0.3) is 0 Å². The van der Waals surface area contributed by atoms with E-state index in [1.54, 1.807) is 24.3 Å². The third-order valence-electron chi connectivity index (χ3n) is 3.99. The summed E-state index contributed by atoms with van der Waals surface area (Å²) in [4.78, 5) is 11.9. The molecule has 0 saturated carbocycles. The maximum absolute atomic E-state index is 11.9. The number of hydrogen-bond donors (Lipinski definition) is 2. The van der Waals surface area contributed by atoms with Crippen molar-refractivity contribution in [3.63, 3.8) is 0 Å². The van der Waals surface area contributed by atoms with Crippen molar-refractivity contribution in [2.75, 3.05) is 19.8 Å². The summed E-state index contributed by atoms with van der Waals surface area (Å²) >= 11 is 0. The predicted molar refractivity (Wildman–Crippen MR) is 125 cm³/mol. The summed E-state index contributed by atoms with van der Waals surface area (Å²) in [7, 11) is 0. The zero-order chi connectivity index (χ0) is 22.9. The van der Waals surface area contributed by atoms with E-state index >= 15 is 0 Å². The molecule has 0 aliphatic rings. The van der Waals surface area contributed by atoms with Crippen molar-refractivity contribution < 1.29 is 19.4 Å². The molecule has 2 aromatic rings. The Labute approximate surface area is 182 Å². The summed E-state index contributed by atoms with van der Waals surface area (Å²) < 4.78 is 11.2. The van der Waals surface area contributed by atoms with E-state index in [4.69, 9.17) is 9.47 Å². The standard InChI is InChI=1S/C21H27NO4.2C2H6/c1-4-25-12-11-22-20(24)10-5-17-13-15(2)21(16(3)14-17)26-19-8-6-18(23)7-9-19;2*1-2/h6-9,13-14,23H,4-5,10-12H2,1-3H3,(H,22,24);2*1-2H3. The first kappa shape index (κ1) is 27.5. The first-order chi connectivity index (χ1) is 14.5. The lowest BCUT2D eigenvalue weighted by Crippen LogP contribution is -2.27. The average molecular weight is 418 g/mol. The summed E-state index contributed by atoms with van der Waals surface area (Å²) in [5.74, 6) is 1.72. The highest BCUT2D eigenvalue weighted by atomic mass is 16.5. The fourth-order valence-electron chi connectivity index (χ4n) is 2.73. The van der Waals surface area contributed by atoms with Crippen LogP contribution in [0.5, 0.6) is 17.2 Å². The zero-order valence-electron chi connectivity index (χ0n) is 19.7. The molecule has 0 aliphatic carbocycles. The summed E-state index contributed by atoms with van der Waals surface area (Å²) in [6, 6.07) is 10.8. The van der Waals surface area contributed by atoms with Crippen molar-refractivity contribution in [2.45, 2.75) is 61.3 Å². The molecule has 0 heterocycles. The Morgan fingerprint density at radius 2 is 1.57 bits per heavy atom. The fourth-order valence-corrected chi connectivity index (χ4v) is 2.73. The van der Waals surface area contributed by atoms with Crippen LogP contribution >= 0.6 is 0 Å². The Bertz CT molecular complexity index is 703. The number of nitrogens with one attached hydrogen (secondary N) is 1. The molecule has 0 aromatic heterocycles. The zero-order valence-corrected chi connectivity index (χ0v) is 19.7. The Kier molecular flexibility index (Phi) is 14.9. The molecule has 0 unspecified atom stereocenters. The summed E-state index contributed by atoms with van der Waals surface area (Å²) in [5, 5.41) is 12.2. The van der Waals surface area contributed by atoms with Crippen molar-refractivity contribution in [2.24, 2.45) is 0 Å². The highest BCUT2D eigenvalue weighted by Gasteiger charge is 2.09. The van der Waals surface area contributed by atoms with Crippen LogP contribution in [0.1, 0.15) is 57.7 Å². The number of carbonyl (C=O) groups is 1. The molecule has 0 fully saturated rings. The van der Waals surface area contributed by atoms with Gasteiger partial charge in [-0.3, -0.25) is 4.79 Å². The van der Waals surface area contributed by atoms with E-state index in [2.05, 4.69) is 17.4 Å². The molecule has 2 aromatic carbocycles. The van der Waals surface area contributed by atoms with Crippen LogP contribution < -0.4 is 10.1 Å². The minimum absolute atomic E-state index is 0.0319. The van der Waals surface area contributed by atoms with E-state index < -0.39 is 0 Å². The molecule has 168 valence electrons. The van der Waals surface area contributed by atoms with Crippen molar-refractivity contribution in [3.05, 3.63) is 53.1 Å². The number of aromatic hydroxyl groups is 1.